The molecule has 0 aliphatic carbocycles. The number of hydrogen-bond donors (Lipinski definition) is 0. The lowest BCUT2D eigenvalue weighted by molar-refractivity contribution is 0.0317. The van der Waals surface area contributed by atoms with Gasteiger partial charge in [-0.15, -0.1) is 0 Å². The van der Waals surface area contributed by atoms with Gasteiger partial charge in [-0.2, -0.15) is 0 Å². The fraction of sp³-hybridized carbons (Fsp3) is 0.391. The Morgan fingerprint density at radius 3 is 2.57 bits per heavy atom. The summed E-state index contributed by atoms with van der Waals surface area (Å²) in [6.07, 6.45) is 6.18. The van der Waals surface area contributed by atoms with E-state index in [0.29, 0.717) is 18.8 Å². The zero-order valence-electron chi connectivity index (χ0n) is 16.2. The summed E-state index contributed by atoms with van der Waals surface area (Å²) in [6.45, 7) is 4.59. The second-order valence-corrected chi connectivity index (χ2v) is 7.00. The molecule has 0 aromatic heterocycles. The maximum Gasteiger partial charge on any atom is 0.166 e. The smallest absolute Gasteiger partial charge is 0.166 e. The maximum atomic E-state index is 14.8. The first-order valence-corrected chi connectivity index (χ1v) is 9.70. The normalized spacial score (nSPS) is 19.9. The van der Waals surface area contributed by atoms with Crippen LogP contribution in [0.25, 0.3) is 11.1 Å². The van der Waals surface area contributed by atoms with Gasteiger partial charge < -0.3 is 9.47 Å². The lowest BCUT2D eigenvalue weighted by Gasteiger charge is -2.28. The minimum atomic E-state index is -0.963. The van der Waals surface area contributed by atoms with E-state index in [0.717, 1.165) is 19.3 Å². The fourth-order valence-electron chi connectivity index (χ4n) is 3.48. The molecule has 2 atom stereocenters. The van der Waals surface area contributed by atoms with E-state index in [1.165, 1.54) is 24.3 Å². The summed E-state index contributed by atoms with van der Waals surface area (Å²) in [4.78, 5) is 0. The lowest BCUT2D eigenvalue weighted by Crippen LogP contribution is -2.24. The Bertz CT molecular complexity index is 840. The zero-order valence-corrected chi connectivity index (χ0v) is 16.2. The molecule has 0 bridgehead atoms. The standard InChI is InChI=1S/C23H25F3O2/c1-3-5-17-8-6-16(14-28-17)19-10-9-18(22(25)23(19)26)15-7-11-21(20(24)13-15)27-12-4-2/h3,5,7,9-11,13,16-17H,4,6,8,12,14H2,1-2H3/b5-3+. The molecule has 28 heavy (non-hydrogen) atoms. The van der Waals surface area contributed by atoms with E-state index in [4.69, 9.17) is 9.47 Å². The average Bonchev–Trinajstić information content (AvgIpc) is 2.70. The third kappa shape index (κ3) is 4.41. The van der Waals surface area contributed by atoms with Crippen molar-refractivity contribution in [2.24, 2.45) is 0 Å². The molecule has 0 saturated carbocycles. The molecule has 2 nitrogen and oxygen atoms in total. The van der Waals surface area contributed by atoms with E-state index in [2.05, 4.69) is 0 Å². The largest absolute Gasteiger partial charge is 0.491 e. The highest BCUT2D eigenvalue weighted by Gasteiger charge is 2.26. The van der Waals surface area contributed by atoms with Crippen LogP contribution in [0.15, 0.2) is 42.5 Å². The summed E-state index contributed by atoms with van der Waals surface area (Å²) in [5, 5.41) is 0. The van der Waals surface area contributed by atoms with Crippen molar-refractivity contribution in [1.29, 1.82) is 0 Å². The van der Waals surface area contributed by atoms with Crippen molar-refractivity contribution >= 4 is 0 Å². The molecule has 1 aliphatic rings. The molecule has 0 spiro atoms. The molecular formula is C23H25F3O2. The molecular weight excluding hydrogens is 365 g/mol. The SMILES string of the molecule is C/C=C/C1CCC(c2ccc(-c3ccc(OCCC)c(F)c3)c(F)c2F)CO1. The Balaban J connectivity index is 1.82. The monoisotopic (exact) mass is 390 g/mol. The van der Waals surface area contributed by atoms with E-state index >= 15 is 0 Å². The van der Waals surface area contributed by atoms with Gasteiger partial charge in [0.15, 0.2) is 23.2 Å². The molecule has 2 unspecified atom stereocenters. The molecule has 1 aliphatic heterocycles. The van der Waals surface area contributed by atoms with Crippen molar-refractivity contribution in [3.63, 3.8) is 0 Å². The molecule has 3 rings (SSSR count). The third-order valence-electron chi connectivity index (χ3n) is 4.97. The minimum absolute atomic E-state index is 0.0323. The van der Waals surface area contributed by atoms with Crippen molar-refractivity contribution in [2.45, 2.75) is 45.1 Å². The van der Waals surface area contributed by atoms with Crippen LogP contribution in [0.3, 0.4) is 0 Å². The van der Waals surface area contributed by atoms with Crippen LogP contribution in [0.4, 0.5) is 13.2 Å². The van der Waals surface area contributed by atoms with E-state index in [-0.39, 0.29) is 28.9 Å². The van der Waals surface area contributed by atoms with Crippen molar-refractivity contribution < 1.29 is 22.6 Å². The molecule has 1 fully saturated rings. The quantitative estimate of drug-likeness (QED) is 0.532. The first kappa shape index (κ1) is 20.5. The molecule has 0 N–H and O–H groups in total. The van der Waals surface area contributed by atoms with Crippen molar-refractivity contribution in [1.82, 2.24) is 0 Å². The molecule has 150 valence electrons. The predicted molar refractivity (Wildman–Crippen MR) is 104 cm³/mol. The molecule has 5 heteroatoms. The van der Waals surface area contributed by atoms with Crippen LogP contribution in [0.5, 0.6) is 5.75 Å². The maximum absolute atomic E-state index is 14.8. The Hall–Kier alpha value is -2.27. The Morgan fingerprint density at radius 2 is 1.93 bits per heavy atom. The van der Waals surface area contributed by atoms with Crippen molar-refractivity contribution in [2.75, 3.05) is 13.2 Å². The minimum Gasteiger partial charge on any atom is -0.491 e. The molecule has 1 saturated heterocycles. The third-order valence-corrected chi connectivity index (χ3v) is 4.97. The highest BCUT2D eigenvalue weighted by atomic mass is 19.2. The first-order chi connectivity index (χ1) is 13.5. The molecule has 0 radical (unpaired) electrons. The van der Waals surface area contributed by atoms with Crippen LogP contribution < -0.4 is 4.74 Å². The summed E-state index contributed by atoms with van der Waals surface area (Å²) >= 11 is 0. The number of rotatable bonds is 6. The van der Waals surface area contributed by atoms with Gasteiger partial charge in [0, 0.05) is 11.5 Å². The topological polar surface area (TPSA) is 18.5 Å². The van der Waals surface area contributed by atoms with Crippen LogP contribution in [0, 0.1) is 17.5 Å². The Labute approximate surface area is 164 Å². The second-order valence-electron chi connectivity index (χ2n) is 7.00. The van der Waals surface area contributed by atoms with Crippen LogP contribution in [-0.4, -0.2) is 19.3 Å². The van der Waals surface area contributed by atoms with Crippen molar-refractivity contribution in [3.05, 3.63) is 65.5 Å². The Kier molecular flexibility index (Phi) is 6.79. The van der Waals surface area contributed by atoms with E-state index in [1.807, 2.05) is 26.0 Å². The summed E-state index contributed by atoms with van der Waals surface area (Å²) in [5.41, 5.74) is 0.617. The lowest BCUT2D eigenvalue weighted by atomic mass is 9.89. The number of hydrogen-bond acceptors (Lipinski definition) is 2. The van der Waals surface area contributed by atoms with E-state index < -0.39 is 17.5 Å². The summed E-state index contributed by atoms with van der Waals surface area (Å²) in [5.74, 6) is -2.52. The van der Waals surface area contributed by atoms with Gasteiger partial charge in [-0.05, 0) is 49.4 Å². The van der Waals surface area contributed by atoms with Gasteiger partial charge in [-0.1, -0.05) is 37.3 Å². The van der Waals surface area contributed by atoms with Crippen LogP contribution >= 0.6 is 0 Å². The molecule has 2 aromatic rings. The van der Waals surface area contributed by atoms with Gasteiger partial charge in [0.05, 0.1) is 19.3 Å². The summed E-state index contributed by atoms with van der Waals surface area (Å²) in [6, 6.07) is 7.25. The van der Waals surface area contributed by atoms with Crippen molar-refractivity contribution in [3.8, 4) is 16.9 Å². The first-order valence-electron chi connectivity index (χ1n) is 9.70. The van der Waals surface area contributed by atoms with Gasteiger partial charge in [-0.3, -0.25) is 0 Å². The van der Waals surface area contributed by atoms with E-state index in [9.17, 15) is 13.2 Å². The highest BCUT2D eigenvalue weighted by Crippen LogP contribution is 2.35. The number of ether oxygens (including phenoxy) is 2. The van der Waals surface area contributed by atoms with Gasteiger partial charge in [0.2, 0.25) is 0 Å². The average molecular weight is 390 g/mol. The highest BCUT2D eigenvalue weighted by molar-refractivity contribution is 5.66. The van der Waals surface area contributed by atoms with Crippen LogP contribution in [0.1, 0.15) is 44.6 Å². The predicted octanol–water partition coefficient (Wildman–Crippen LogP) is 6.40. The summed E-state index contributed by atoms with van der Waals surface area (Å²) < 4.78 is 54.7. The van der Waals surface area contributed by atoms with E-state index in [1.54, 1.807) is 6.07 Å². The summed E-state index contributed by atoms with van der Waals surface area (Å²) in [7, 11) is 0. The van der Waals surface area contributed by atoms with Crippen LogP contribution in [0.2, 0.25) is 0 Å². The van der Waals surface area contributed by atoms with Gasteiger partial charge in [0.1, 0.15) is 0 Å². The fourth-order valence-corrected chi connectivity index (χ4v) is 3.48. The number of halogens is 3. The van der Waals surface area contributed by atoms with Gasteiger partial charge >= 0.3 is 0 Å². The molecule has 2 aromatic carbocycles. The van der Waals surface area contributed by atoms with Gasteiger partial charge in [0.25, 0.3) is 0 Å². The molecule has 0 amide bonds. The number of allylic oxidation sites excluding steroid dienone is 1. The van der Waals surface area contributed by atoms with Crippen LogP contribution in [-0.2, 0) is 4.74 Å². The number of benzene rings is 2. The molecule has 1 heterocycles. The van der Waals surface area contributed by atoms with Gasteiger partial charge in [-0.25, -0.2) is 13.2 Å². The Morgan fingerprint density at radius 1 is 1.11 bits per heavy atom. The zero-order chi connectivity index (χ0) is 20.1. The second kappa shape index (κ2) is 9.28.